The number of rotatable bonds is 3. The third kappa shape index (κ3) is 4.33. The van der Waals surface area contributed by atoms with E-state index in [4.69, 9.17) is 0 Å². The van der Waals surface area contributed by atoms with Crippen molar-refractivity contribution >= 4 is 17.3 Å². The summed E-state index contributed by atoms with van der Waals surface area (Å²) < 4.78 is 37.7. The molecule has 2 aromatic rings. The molecule has 1 aliphatic heterocycles. The molecule has 7 heteroatoms. The molecule has 3 rings (SSSR count). The summed E-state index contributed by atoms with van der Waals surface area (Å²) in [6.45, 7) is 3.62. The molecule has 2 heterocycles. The van der Waals surface area contributed by atoms with Crippen molar-refractivity contribution in [3.8, 4) is 0 Å². The smallest absolute Gasteiger partial charge is 0.354 e. The van der Waals surface area contributed by atoms with Gasteiger partial charge in [0.25, 0.3) is 5.91 Å². The van der Waals surface area contributed by atoms with E-state index in [1.54, 1.807) is 12.1 Å². The van der Waals surface area contributed by atoms with E-state index in [0.29, 0.717) is 23.0 Å². The summed E-state index contributed by atoms with van der Waals surface area (Å²) in [7, 11) is 0. The number of benzene rings is 1. The maximum atomic E-state index is 12.6. The molecular formula is C19H20F3N3O. The molecule has 0 bridgehead atoms. The predicted molar refractivity (Wildman–Crippen MR) is 93.3 cm³/mol. The van der Waals surface area contributed by atoms with Crippen LogP contribution in [0.15, 0.2) is 42.6 Å². The van der Waals surface area contributed by atoms with Crippen molar-refractivity contribution in [1.29, 1.82) is 0 Å². The Hall–Kier alpha value is -2.57. The second kappa shape index (κ2) is 7.35. The molecule has 1 unspecified atom stereocenters. The molecule has 4 nitrogen and oxygen atoms in total. The van der Waals surface area contributed by atoms with Gasteiger partial charge in [0.15, 0.2) is 0 Å². The minimum absolute atomic E-state index is 0.0855. The zero-order valence-corrected chi connectivity index (χ0v) is 14.4. The van der Waals surface area contributed by atoms with Crippen LogP contribution < -0.4 is 5.32 Å². The van der Waals surface area contributed by atoms with Gasteiger partial charge in [-0.15, -0.1) is 0 Å². The van der Waals surface area contributed by atoms with E-state index in [2.05, 4.69) is 17.2 Å². The molecule has 1 amide bonds. The van der Waals surface area contributed by atoms with Crippen LogP contribution in [0, 0.1) is 5.92 Å². The second-order valence-electron chi connectivity index (χ2n) is 6.63. The lowest BCUT2D eigenvalue weighted by atomic mass is 10.00. The number of aromatic nitrogens is 1. The minimum atomic E-state index is -4.35. The summed E-state index contributed by atoms with van der Waals surface area (Å²) in [6.07, 6.45) is -0.708. The van der Waals surface area contributed by atoms with Gasteiger partial charge in [0.2, 0.25) is 0 Å². The number of halogens is 3. The van der Waals surface area contributed by atoms with Crippen LogP contribution in [-0.4, -0.2) is 28.9 Å². The lowest BCUT2D eigenvalue weighted by Gasteiger charge is -2.30. The Bertz CT molecular complexity index is 757. The normalized spacial score (nSPS) is 17.8. The number of alkyl halides is 3. The number of hydrogen-bond donors (Lipinski definition) is 1. The third-order valence-corrected chi connectivity index (χ3v) is 4.43. The van der Waals surface area contributed by atoms with Crippen LogP contribution in [-0.2, 0) is 6.18 Å². The van der Waals surface area contributed by atoms with Crippen LogP contribution in [0.5, 0.6) is 0 Å². The maximum Gasteiger partial charge on any atom is 0.416 e. The molecule has 1 aromatic heterocycles. The van der Waals surface area contributed by atoms with E-state index in [0.717, 1.165) is 38.1 Å². The summed E-state index contributed by atoms with van der Waals surface area (Å²) in [5.41, 5.74) is 0.798. The first kappa shape index (κ1) is 18.2. The van der Waals surface area contributed by atoms with E-state index < -0.39 is 11.7 Å². The second-order valence-corrected chi connectivity index (χ2v) is 6.63. The summed E-state index contributed by atoms with van der Waals surface area (Å²) in [6, 6.07) is 8.09. The summed E-state index contributed by atoms with van der Waals surface area (Å²) in [5.74, 6) is 0.408. The molecule has 26 heavy (non-hydrogen) atoms. The Balaban J connectivity index is 1.65. The number of likely N-dealkylation sites (tertiary alicyclic amines) is 1. The average Bonchev–Trinajstić information content (AvgIpc) is 2.61. The molecule has 0 spiro atoms. The maximum absolute atomic E-state index is 12.6. The fourth-order valence-electron chi connectivity index (χ4n) is 3.04. The van der Waals surface area contributed by atoms with E-state index in [1.165, 1.54) is 18.3 Å². The fraction of sp³-hybridized carbons (Fsp3) is 0.368. The predicted octanol–water partition coefficient (Wildman–Crippen LogP) is 4.72. The number of pyridine rings is 1. The molecule has 0 aliphatic carbocycles. The first-order chi connectivity index (χ1) is 12.3. The molecular weight excluding hydrogens is 343 g/mol. The molecule has 1 aromatic carbocycles. The van der Waals surface area contributed by atoms with E-state index >= 15 is 0 Å². The number of piperidine rings is 1. The van der Waals surface area contributed by atoms with Crippen LogP contribution in [0.2, 0.25) is 0 Å². The van der Waals surface area contributed by atoms with Gasteiger partial charge in [-0.25, -0.2) is 4.98 Å². The molecule has 0 radical (unpaired) electrons. The van der Waals surface area contributed by atoms with Crippen molar-refractivity contribution < 1.29 is 18.0 Å². The monoisotopic (exact) mass is 363 g/mol. The van der Waals surface area contributed by atoms with Crippen molar-refractivity contribution in [3.05, 3.63) is 53.9 Å². The zero-order chi connectivity index (χ0) is 18.7. The SMILES string of the molecule is CC1CCCN(C(=O)c2ccc(Nc3ccc(C(F)(F)F)cc3)cn2)C1. The van der Waals surface area contributed by atoms with Gasteiger partial charge in [0.05, 0.1) is 17.4 Å². The number of anilines is 2. The molecule has 138 valence electrons. The Kier molecular flexibility index (Phi) is 5.15. The molecule has 1 aliphatic rings. The lowest BCUT2D eigenvalue weighted by Crippen LogP contribution is -2.39. The molecule has 1 N–H and O–H groups in total. The zero-order valence-electron chi connectivity index (χ0n) is 14.4. The molecule has 1 atom stereocenters. The number of nitrogens with one attached hydrogen (secondary N) is 1. The van der Waals surface area contributed by atoms with E-state index in [9.17, 15) is 18.0 Å². The average molecular weight is 363 g/mol. The third-order valence-electron chi connectivity index (χ3n) is 4.43. The molecule has 0 saturated carbocycles. The largest absolute Gasteiger partial charge is 0.416 e. The van der Waals surface area contributed by atoms with Crippen LogP contribution in [0.1, 0.15) is 35.8 Å². The Morgan fingerprint density at radius 3 is 2.42 bits per heavy atom. The van der Waals surface area contributed by atoms with Gasteiger partial charge >= 0.3 is 6.18 Å². The molecule has 1 fully saturated rings. The van der Waals surface area contributed by atoms with Gasteiger partial charge in [-0.2, -0.15) is 13.2 Å². The highest BCUT2D eigenvalue weighted by Crippen LogP contribution is 2.30. The Labute approximate surface area is 150 Å². The van der Waals surface area contributed by atoms with Crippen molar-refractivity contribution in [2.45, 2.75) is 25.9 Å². The van der Waals surface area contributed by atoms with E-state index in [1.807, 2.05) is 4.90 Å². The van der Waals surface area contributed by atoms with Crippen LogP contribution in [0.4, 0.5) is 24.5 Å². The van der Waals surface area contributed by atoms with Crippen molar-refractivity contribution in [1.82, 2.24) is 9.88 Å². The first-order valence-corrected chi connectivity index (χ1v) is 8.52. The highest BCUT2D eigenvalue weighted by Gasteiger charge is 2.30. The highest BCUT2D eigenvalue weighted by molar-refractivity contribution is 5.92. The van der Waals surface area contributed by atoms with Crippen molar-refractivity contribution in [3.63, 3.8) is 0 Å². The Morgan fingerprint density at radius 2 is 1.85 bits per heavy atom. The fourth-order valence-corrected chi connectivity index (χ4v) is 3.04. The number of carbonyl (C=O) groups excluding carboxylic acids is 1. The first-order valence-electron chi connectivity index (χ1n) is 8.52. The minimum Gasteiger partial charge on any atom is -0.354 e. The van der Waals surface area contributed by atoms with Crippen molar-refractivity contribution in [2.24, 2.45) is 5.92 Å². The van der Waals surface area contributed by atoms with Gasteiger partial charge in [-0.05, 0) is 55.2 Å². The number of hydrogen-bond acceptors (Lipinski definition) is 3. The highest BCUT2D eigenvalue weighted by atomic mass is 19.4. The number of nitrogens with zero attached hydrogens (tertiary/aromatic N) is 2. The summed E-state index contributed by atoms with van der Waals surface area (Å²) >= 11 is 0. The van der Waals surface area contributed by atoms with Gasteiger partial charge in [0, 0.05) is 18.8 Å². The summed E-state index contributed by atoms with van der Waals surface area (Å²) in [4.78, 5) is 18.5. The van der Waals surface area contributed by atoms with Gasteiger partial charge in [-0.3, -0.25) is 4.79 Å². The van der Waals surface area contributed by atoms with Gasteiger partial charge in [-0.1, -0.05) is 6.92 Å². The van der Waals surface area contributed by atoms with Gasteiger partial charge < -0.3 is 10.2 Å². The lowest BCUT2D eigenvalue weighted by molar-refractivity contribution is -0.137. The molecule has 1 saturated heterocycles. The topological polar surface area (TPSA) is 45.2 Å². The number of amides is 1. The van der Waals surface area contributed by atoms with E-state index in [-0.39, 0.29) is 5.91 Å². The van der Waals surface area contributed by atoms with Crippen molar-refractivity contribution in [2.75, 3.05) is 18.4 Å². The van der Waals surface area contributed by atoms with Crippen LogP contribution in [0.25, 0.3) is 0 Å². The Morgan fingerprint density at radius 1 is 1.15 bits per heavy atom. The quantitative estimate of drug-likeness (QED) is 0.859. The standard InChI is InChI=1S/C19H20F3N3O/c1-13-3-2-10-25(12-13)18(26)17-9-8-16(11-23-17)24-15-6-4-14(5-7-15)19(20,21)22/h4-9,11,13,24H,2-3,10,12H2,1H3. The van der Waals surface area contributed by atoms with Crippen LogP contribution in [0.3, 0.4) is 0 Å². The number of carbonyl (C=O) groups is 1. The van der Waals surface area contributed by atoms with Crippen LogP contribution >= 0.6 is 0 Å². The summed E-state index contributed by atoms with van der Waals surface area (Å²) in [5, 5.41) is 2.98. The van der Waals surface area contributed by atoms with Gasteiger partial charge in [0.1, 0.15) is 5.69 Å².